The number of nitro groups is 1. The number of hydrogen-bond acceptors (Lipinski definition) is 5. The molecule has 98 valence electrons. The van der Waals surface area contributed by atoms with Crippen molar-refractivity contribution < 1.29 is 14.8 Å². The van der Waals surface area contributed by atoms with Crippen LogP contribution in [0.1, 0.15) is 19.3 Å². The first-order chi connectivity index (χ1) is 8.62. The molecule has 0 aliphatic heterocycles. The Morgan fingerprint density at radius 3 is 2.72 bits per heavy atom. The Kier molecular flexibility index (Phi) is 3.38. The molecule has 6 heteroatoms. The minimum atomic E-state index is -0.467. The van der Waals surface area contributed by atoms with Crippen molar-refractivity contribution in [2.45, 2.75) is 24.8 Å². The Labute approximate surface area is 105 Å². The molecule has 1 aliphatic rings. The van der Waals surface area contributed by atoms with Gasteiger partial charge in [-0.2, -0.15) is 0 Å². The quantitative estimate of drug-likeness (QED) is 0.618. The van der Waals surface area contributed by atoms with Crippen LogP contribution in [0.2, 0.25) is 0 Å². The summed E-state index contributed by atoms with van der Waals surface area (Å²) in [5, 5.41) is 23.6. The average molecular weight is 252 g/mol. The van der Waals surface area contributed by atoms with Gasteiger partial charge in [0.2, 0.25) is 0 Å². The van der Waals surface area contributed by atoms with Crippen molar-refractivity contribution in [3.8, 4) is 5.75 Å². The lowest BCUT2D eigenvalue weighted by Gasteiger charge is -2.41. The molecule has 0 amide bonds. The van der Waals surface area contributed by atoms with Crippen LogP contribution in [-0.4, -0.2) is 29.3 Å². The summed E-state index contributed by atoms with van der Waals surface area (Å²) in [6.07, 6.45) is 2.65. The van der Waals surface area contributed by atoms with Gasteiger partial charge in [0.15, 0.2) is 5.75 Å². The maximum Gasteiger partial charge on any atom is 0.333 e. The maximum absolute atomic E-state index is 11.1. The van der Waals surface area contributed by atoms with Gasteiger partial charge in [0.05, 0.1) is 24.2 Å². The Balaban J connectivity index is 2.35. The molecule has 1 aromatic rings. The molecule has 0 aromatic heterocycles. The highest BCUT2D eigenvalue weighted by Gasteiger charge is 2.38. The molecule has 0 saturated heterocycles. The van der Waals surface area contributed by atoms with E-state index in [9.17, 15) is 15.2 Å². The van der Waals surface area contributed by atoms with E-state index in [4.69, 9.17) is 4.74 Å². The zero-order valence-corrected chi connectivity index (χ0v) is 10.2. The summed E-state index contributed by atoms with van der Waals surface area (Å²) in [4.78, 5) is 10.6. The number of rotatable bonds is 5. The van der Waals surface area contributed by atoms with Gasteiger partial charge in [-0.25, -0.2) is 0 Å². The largest absolute Gasteiger partial charge is 0.490 e. The zero-order chi connectivity index (χ0) is 13.2. The third-order valence-corrected chi connectivity index (χ3v) is 3.41. The van der Waals surface area contributed by atoms with E-state index in [0.29, 0.717) is 5.69 Å². The molecule has 1 aromatic carbocycles. The lowest BCUT2D eigenvalue weighted by atomic mass is 9.77. The van der Waals surface area contributed by atoms with E-state index in [1.54, 1.807) is 18.2 Å². The van der Waals surface area contributed by atoms with Gasteiger partial charge in [0, 0.05) is 0 Å². The number of aliphatic hydroxyl groups excluding tert-OH is 1. The van der Waals surface area contributed by atoms with Gasteiger partial charge in [-0.05, 0) is 31.4 Å². The third kappa shape index (κ3) is 2.11. The van der Waals surface area contributed by atoms with Crippen molar-refractivity contribution in [3.63, 3.8) is 0 Å². The Hall–Kier alpha value is -1.82. The summed E-state index contributed by atoms with van der Waals surface area (Å²) in [7, 11) is 1.40. The number of ether oxygens (including phenoxy) is 1. The highest BCUT2D eigenvalue weighted by Crippen LogP contribution is 2.40. The van der Waals surface area contributed by atoms with Crippen molar-refractivity contribution in [2.24, 2.45) is 0 Å². The molecule has 0 radical (unpaired) electrons. The lowest BCUT2D eigenvalue weighted by Crippen LogP contribution is -2.48. The summed E-state index contributed by atoms with van der Waals surface area (Å²) < 4.78 is 5.00. The number of aliphatic hydroxyl groups is 1. The summed E-state index contributed by atoms with van der Waals surface area (Å²) in [5.74, 6) is 0.220. The normalized spacial score (nSPS) is 16.8. The first-order valence-corrected chi connectivity index (χ1v) is 5.82. The predicted molar refractivity (Wildman–Crippen MR) is 66.9 cm³/mol. The first kappa shape index (κ1) is 12.6. The van der Waals surface area contributed by atoms with Crippen LogP contribution in [0.4, 0.5) is 11.4 Å². The molecule has 0 bridgehead atoms. The molecule has 0 unspecified atom stereocenters. The molecular weight excluding hydrogens is 236 g/mol. The van der Waals surface area contributed by atoms with Crippen molar-refractivity contribution >= 4 is 11.4 Å². The smallest absolute Gasteiger partial charge is 0.333 e. The lowest BCUT2D eigenvalue weighted by molar-refractivity contribution is -0.384. The van der Waals surface area contributed by atoms with Crippen LogP contribution in [0, 0.1) is 10.1 Å². The van der Waals surface area contributed by atoms with E-state index in [2.05, 4.69) is 5.32 Å². The molecule has 18 heavy (non-hydrogen) atoms. The number of benzene rings is 1. The summed E-state index contributed by atoms with van der Waals surface area (Å²) in [5.41, 5.74) is -0.107. The van der Waals surface area contributed by atoms with Crippen LogP contribution < -0.4 is 10.1 Å². The van der Waals surface area contributed by atoms with E-state index in [1.807, 2.05) is 0 Å². The molecule has 1 fully saturated rings. The van der Waals surface area contributed by atoms with Crippen molar-refractivity contribution in [3.05, 3.63) is 28.3 Å². The number of nitrogens with zero attached hydrogens (tertiary/aromatic N) is 1. The zero-order valence-electron chi connectivity index (χ0n) is 10.2. The summed E-state index contributed by atoms with van der Waals surface area (Å²) in [6, 6.07) is 4.88. The fraction of sp³-hybridized carbons (Fsp3) is 0.500. The molecule has 0 spiro atoms. The van der Waals surface area contributed by atoms with Crippen LogP contribution in [0.3, 0.4) is 0 Å². The Bertz CT molecular complexity index is 452. The van der Waals surface area contributed by atoms with Crippen molar-refractivity contribution in [1.29, 1.82) is 0 Å². The fourth-order valence-electron chi connectivity index (χ4n) is 2.19. The molecule has 6 nitrogen and oxygen atoms in total. The predicted octanol–water partition coefficient (Wildman–Crippen LogP) is 1.93. The van der Waals surface area contributed by atoms with E-state index < -0.39 is 10.5 Å². The van der Waals surface area contributed by atoms with Crippen LogP contribution in [0.25, 0.3) is 0 Å². The second kappa shape index (κ2) is 4.81. The standard InChI is InChI=1S/C12H16N2O4/c1-18-10-5-2-4-9(11(10)14(16)17)13-12(8-15)6-3-7-12/h2,4-5,13,15H,3,6-8H2,1H3. The van der Waals surface area contributed by atoms with Gasteiger partial charge in [0.1, 0.15) is 5.69 Å². The molecule has 0 heterocycles. The number of nitro benzene ring substituents is 1. The van der Waals surface area contributed by atoms with E-state index in [-0.39, 0.29) is 18.0 Å². The Morgan fingerprint density at radius 1 is 1.56 bits per heavy atom. The molecule has 1 aliphatic carbocycles. The van der Waals surface area contributed by atoms with Crippen molar-refractivity contribution in [1.82, 2.24) is 0 Å². The highest BCUT2D eigenvalue weighted by atomic mass is 16.6. The van der Waals surface area contributed by atoms with Gasteiger partial charge in [-0.1, -0.05) is 6.07 Å². The summed E-state index contributed by atoms with van der Waals surface area (Å²) >= 11 is 0. The van der Waals surface area contributed by atoms with Crippen LogP contribution in [0.5, 0.6) is 5.75 Å². The van der Waals surface area contributed by atoms with Crippen LogP contribution in [-0.2, 0) is 0 Å². The number of hydrogen-bond donors (Lipinski definition) is 2. The van der Waals surface area contributed by atoms with Gasteiger partial charge in [-0.15, -0.1) is 0 Å². The monoisotopic (exact) mass is 252 g/mol. The van der Waals surface area contributed by atoms with E-state index >= 15 is 0 Å². The number of para-hydroxylation sites is 1. The minimum Gasteiger partial charge on any atom is -0.490 e. The highest BCUT2D eigenvalue weighted by molar-refractivity contribution is 5.69. The summed E-state index contributed by atoms with van der Waals surface area (Å²) in [6.45, 7) is -0.0264. The number of anilines is 1. The van der Waals surface area contributed by atoms with E-state index in [1.165, 1.54) is 7.11 Å². The third-order valence-electron chi connectivity index (χ3n) is 3.41. The van der Waals surface area contributed by atoms with Gasteiger partial charge < -0.3 is 15.2 Å². The van der Waals surface area contributed by atoms with Crippen LogP contribution >= 0.6 is 0 Å². The number of nitrogens with one attached hydrogen (secondary N) is 1. The first-order valence-electron chi connectivity index (χ1n) is 5.82. The van der Waals surface area contributed by atoms with E-state index in [0.717, 1.165) is 19.3 Å². The topological polar surface area (TPSA) is 84.6 Å². The molecular formula is C12H16N2O4. The molecule has 2 N–H and O–H groups in total. The van der Waals surface area contributed by atoms with Crippen LogP contribution in [0.15, 0.2) is 18.2 Å². The molecule has 2 rings (SSSR count). The number of methoxy groups -OCH3 is 1. The van der Waals surface area contributed by atoms with Gasteiger partial charge in [-0.3, -0.25) is 10.1 Å². The SMILES string of the molecule is COc1cccc(NC2(CO)CCC2)c1[N+](=O)[O-]. The second-order valence-corrected chi connectivity index (χ2v) is 4.53. The Morgan fingerprint density at radius 2 is 2.28 bits per heavy atom. The average Bonchev–Trinajstić information content (AvgIpc) is 2.33. The maximum atomic E-state index is 11.1. The fourth-order valence-corrected chi connectivity index (χ4v) is 2.19. The second-order valence-electron chi connectivity index (χ2n) is 4.53. The van der Waals surface area contributed by atoms with Gasteiger partial charge in [0.25, 0.3) is 0 Å². The molecule has 1 saturated carbocycles. The minimum absolute atomic E-state index is 0.0264. The molecule has 0 atom stereocenters. The van der Waals surface area contributed by atoms with Gasteiger partial charge >= 0.3 is 5.69 Å². The van der Waals surface area contributed by atoms with Crippen molar-refractivity contribution in [2.75, 3.05) is 19.0 Å².